The SMILES string of the molecule is CCN1CCCC1CN(C)S(=O)(=O)c1ccc(CCl)cn1. The van der Waals surface area contributed by atoms with Crippen LogP contribution in [0, 0.1) is 0 Å². The smallest absolute Gasteiger partial charge is 0.260 e. The van der Waals surface area contributed by atoms with Gasteiger partial charge in [-0.3, -0.25) is 4.90 Å². The normalized spacial score (nSPS) is 20.3. The summed E-state index contributed by atoms with van der Waals surface area (Å²) in [5, 5.41) is 0.0833. The van der Waals surface area contributed by atoms with Gasteiger partial charge in [-0.15, -0.1) is 11.6 Å². The lowest BCUT2D eigenvalue weighted by Crippen LogP contribution is -2.41. The first-order valence-electron chi connectivity index (χ1n) is 7.20. The molecule has 0 amide bonds. The molecule has 7 heteroatoms. The first kappa shape index (κ1) is 16.7. The fourth-order valence-electron chi connectivity index (χ4n) is 2.72. The van der Waals surface area contributed by atoms with Gasteiger partial charge in [0.05, 0.1) is 0 Å². The quantitative estimate of drug-likeness (QED) is 0.747. The molecule has 2 heterocycles. The highest BCUT2D eigenvalue weighted by Gasteiger charge is 2.29. The van der Waals surface area contributed by atoms with Crippen LogP contribution in [0.25, 0.3) is 0 Å². The van der Waals surface area contributed by atoms with E-state index in [4.69, 9.17) is 11.6 Å². The van der Waals surface area contributed by atoms with Gasteiger partial charge in [-0.2, -0.15) is 4.31 Å². The molecule has 1 saturated heterocycles. The Labute approximate surface area is 132 Å². The van der Waals surface area contributed by atoms with Gasteiger partial charge in [0.1, 0.15) is 0 Å². The third-order valence-corrected chi connectivity index (χ3v) is 6.05. The Hall–Kier alpha value is -0.690. The summed E-state index contributed by atoms with van der Waals surface area (Å²) in [4.78, 5) is 6.36. The molecule has 1 atom stereocenters. The fourth-order valence-corrected chi connectivity index (χ4v) is 3.99. The first-order valence-corrected chi connectivity index (χ1v) is 9.17. The second-order valence-corrected chi connectivity index (χ2v) is 7.61. The van der Waals surface area contributed by atoms with E-state index in [1.54, 1.807) is 13.1 Å². The number of rotatable bonds is 6. The Kier molecular flexibility index (Phi) is 5.60. The van der Waals surface area contributed by atoms with Crippen molar-refractivity contribution in [1.29, 1.82) is 0 Å². The molecule has 0 N–H and O–H groups in total. The fraction of sp³-hybridized carbons (Fsp3) is 0.643. The van der Waals surface area contributed by atoms with E-state index in [1.165, 1.54) is 16.6 Å². The Balaban J connectivity index is 2.10. The molecule has 1 aromatic heterocycles. The lowest BCUT2D eigenvalue weighted by atomic mass is 10.2. The van der Waals surface area contributed by atoms with Crippen LogP contribution in [0.2, 0.25) is 0 Å². The number of halogens is 1. The topological polar surface area (TPSA) is 53.5 Å². The summed E-state index contributed by atoms with van der Waals surface area (Å²) in [5.74, 6) is 0.330. The van der Waals surface area contributed by atoms with Crippen molar-refractivity contribution in [1.82, 2.24) is 14.2 Å². The Morgan fingerprint density at radius 2 is 2.24 bits per heavy atom. The molecule has 0 radical (unpaired) electrons. The van der Waals surface area contributed by atoms with Gasteiger partial charge in [0.15, 0.2) is 5.03 Å². The molecule has 1 aliphatic heterocycles. The predicted octanol–water partition coefficient (Wildman–Crippen LogP) is 1.93. The third-order valence-electron chi connectivity index (χ3n) is 4.00. The van der Waals surface area contributed by atoms with Crippen LogP contribution in [0.5, 0.6) is 0 Å². The number of hydrogen-bond acceptors (Lipinski definition) is 4. The van der Waals surface area contributed by atoms with Gasteiger partial charge in [-0.25, -0.2) is 13.4 Å². The van der Waals surface area contributed by atoms with E-state index >= 15 is 0 Å². The van der Waals surface area contributed by atoms with Crippen molar-refractivity contribution in [3.8, 4) is 0 Å². The van der Waals surface area contributed by atoms with E-state index in [0.717, 1.165) is 31.5 Å². The van der Waals surface area contributed by atoms with E-state index in [0.29, 0.717) is 18.5 Å². The van der Waals surface area contributed by atoms with Crippen LogP contribution in [-0.2, 0) is 15.9 Å². The standard InChI is InChI=1S/C14H22ClN3O2S/c1-3-18-8-4-5-13(18)11-17(2)21(19,20)14-7-6-12(9-15)10-16-14/h6-7,10,13H,3-5,8-9,11H2,1-2H3. The lowest BCUT2D eigenvalue weighted by Gasteiger charge is -2.27. The van der Waals surface area contributed by atoms with Crippen molar-refractivity contribution in [2.75, 3.05) is 26.7 Å². The molecule has 1 unspecified atom stereocenters. The van der Waals surface area contributed by atoms with Crippen molar-refractivity contribution < 1.29 is 8.42 Å². The largest absolute Gasteiger partial charge is 0.299 e. The summed E-state index contributed by atoms with van der Waals surface area (Å²) in [6, 6.07) is 3.53. The monoisotopic (exact) mass is 331 g/mol. The predicted molar refractivity (Wildman–Crippen MR) is 83.9 cm³/mol. The van der Waals surface area contributed by atoms with Gasteiger partial charge in [-0.05, 0) is 37.6 Å². The van der Waals surface area contributed by atoms with Crippen LogP contribution in [0.15, 0.2) is 23.4 Å². The molecule has 1 aliphatic rings. The zero-order chi connectivity index (χ0) is 15.5. The van der Waals surface area contributed by atoms with Crippen LogP contribution in [0.3, 0.4) is 0 Å². The minimum atomic E-state index is -3.53. The molecule has 1 fully saturated rings. The van der Waals surface area contributed by atoms with E-state index < -0.39 is 10.0 Å². The molecular formula is C14H22ClN3O2S. The number of likely N-dealkylation sites (tertiary alicyclic amines) is 1. The van der Waals surface area contributed by atoms with Crippen LogP contribution < -0.4 is 0 Å². The number of sulfonamides is 1. The highest BCUT2D eigenvalue weighted by atomic mass is 35.5. The van der Waals surface area contributed by atoms with Gasteiger partial charge in [-0.1, -0.05) is 13.0 Å². The molecule has 0 spiro atoms. The van der Waals surface area contributed by atoms with E-state index in [2.05, 4.69) is 16.8 Å². The minimum absolute atomic E-state index is 0.0833. The van der Waals surface area contributed by atoms with E-state index in [9.17, 15) is 8.42 Å². The molecule has 1 aromatic rings. The molecule has 0 bridgehead atoms. The van der Waals surface area contributed by atoms with Gasteiger partial charge < -0.3 is 0 Å². The van der Waals surface area contributed by atoms with Crippen molar-refractivity contribution in [2.24, 2.45) is 0 Å². The molecule has 21 heavy (non-hydrogen) atoms. The number of pyridine rings is 1. The molecular weight excluding hydrogens is 310 g/mol. The highest BCUT2D eigenvalue weighted by molar-refractivity contribution is 7.89. The number of aromatic nitrogens is 1. The van der Waals surface area contributed by atoms with E-state index in [-0.39, 0.29) is 5.03 Å². The average molecular weight is 332 g/mol. The zero-order valence-electron chi connectivity index (χ0n) is 12.5. The molecule has 5 nitrogen and oxygen atoms in total. The molecule has 0 aromatic carbocycles. The second-order valence-electron chi connectivity index (χ2n) is 5.35. The van der Waals surface area contributed by atoms with Gasteiger partial charge in [0.25, 0.3) is 10.0 Å². The van der Waals surface area contributed by atoms with Gasteiger partial charge >= 0.3 is 0 Å². The Morgan fingerprint density at radius 1 is 1.48 bits per heavy atom. The number of hydrogen-bond donors (Lipinski definition) is 0. The first-order chi connectivity index (χ1) is 9.98. The summed E-state index contributed by atoms with van der Waals surface area (Å²) in [5.41, 5.74) is 0.811. The zero-order valence-corrected chi connectivity index (χ0v) is 14.1. The van der Waals surface area contributed by atoms with Gasteiger partial charge in [0, 0.05) is 31.7 Å². The number of likely N-dealkylation sites (N-methyl/N-ethyl adjacent to an activating group) is 2. The molecule has 118 valence electrons. The van der Waals surface area contributed by atoms with Crippen LogP contribution in [0.4, 0.5) is 0 Å². The molecule has 0 saturated carbocycles. The molecule has 2 rings (SSSR count). The summed E-state index contributed by atoms with van der Waals surface area (Å²) >= 11 is 5.70. The maximum atomic E-state index is 12.5. The summed E-state index contributed by atoms with van der Waals surface area (Å²) in [7, 11) is -1.91. The Bertz CT molecular complexity index is 562. The highest BCUT2D eigenvalue weighted by Crippen LogP contribution is 2.20. The van der Waals surface area contributed by atoms with E-state index in [1.807, 2.05) is 0 Å². The third kappa shape index (κ3) is 3.74. The molecule has 0 aliphatic carbocycles. The summed E-state index contributed by atoms with van der Waals surface area (Å²) in [6.07, 6.45) is 3.70. The van der Waals surface area contributed by atoms with Crippen LogP contribution >= 0.6 is 11.6 Å². The van der Waals surface area contributed by atoms with Crippen molar-refractivity contribution in [3.05, 3.63) is 23.9 Å². The second kappa shape index (κ2) is 7.05. The maximum Gasteiger partial charge on any atom is 0.260 e. The maximum absolute atomic E-state index is 12.5. The number of nitrogens with zero attached hydrogens (tertiary/aromatic N) is 3. The van der Waals surface area contributed by atoms with Crippen molar-refractivity contribution in [3.63, 3.8) is 0 Å². The Morgan fingerprint density at radius 3 is 2.81 bits per heavy atom. The average Bonchev–Trinajstić information content (AvgIpc) is 2.94. The summed E-state index contributed by atoms with van der Waals surface area (Å²) < 4.78 is 26.5. The van der Waals surface area contributed by atoms with Crippen molar-refractivity contribution in [2.45, 2.75) is 36.7 Å². The van der Waals surface area contributed by atoms with Crippen LogP contribution in [-0.4, -0.2) is 55.3 Å². The van der Waals surface area contributed by atoms with Crippen LogP contribution in [0.1, 0.15) is 25.3 Å². The minimum Gasteiger partial charge on any atom is -0.299 e. The lowest BCUT2D eigenvalue weighted by molar-refractivity contribution is 0.237. The van der Waals surface area contributed by atoms with Gasteiger partial charge in [0.2, 0.25) is 0 Å². The number of alkyl halides is 1. The summed E-state index contributed by atoms with van der Waals surface area (Å²) in [6.45, 7) is 4.63. The van der Waals surface area contributed by atoms with Crippen molar-refractivity contribution >= 4 is 21.6 Å².